The second-order valence-corrected chi connectivity index (χ2v) is 13.9. The lowest BCUT2D eigenvalue weighted by molar-refractivity contribution is 1.30. The minimum Gasteiger partial charge on any atom is -0.308 e. The van der Waals surface area contributed by atoms with Crippen LogP contribution < -0.4 is 4.90 Å². The van der Waals surface area contributed by atoms with Gasteiger partial charge in [-0.2, -0.15) is 0 Å². The van der Waals surface area contributed by atoms with E-state index in [0.717, 1.165) is 11.4 Å². The van der Waals surface area contributed by atoms with Crippen molar-refractivity contribution in [2.75, 3.05) is 4.90 Å². The Morgan fingerprint density at radius 1 is 0.320 bits per heavy atom. The minimum absolute atomic E-state index is 1.12. The van der Waals surface area contributed by atoms with Crippen molar-refractivity contribution in [3.8, 4) is 22.3 Å². The van der Waals surface area contributed by atoms with Gasteiger partial charge in [-0.3, -0.25) is 0 Å². The molecule has 0 atom stereocenters. The fourth-order valence-corrected chi connectivity index (χ4v) is 9.04. The Balaban J connectivity index is 1.26. The first-order valence-corrected chi connectivity index (χ1v) is 17.9. The zero-order valence-electron chi connectivity index (χ0n) is 27.3. The molecule has 9 aromatic carbocycles. The molecule has 2 heteroatoms. The fourth-order valence-electron chi connectivity index (χ4n) is 7.70. The molecule has 10 aromatic rings. The first kappa shape index (κ1) is 28.8. The molecular weight excluding hydrogens is 623 g/mol. The molecule has 50 heavy (non-hydrogen) atoms. The van der Waals surface area contributed by atoms with Crippen molar-refractivity contribution in [1.29, 1.82) is 0 Å². The first-order chi connectivity index (χ1) is 24.8. The van der Waals surface area contributed by atoms with Gasteiger partial charge in [-0.05, 0) is 79.3 Å². The van der Waals surface area contributed by atoms with E-state index in [4.69, 9.17) is 0 Å². The van der Waals surface area contributed by atoms with Crippen LogP contribution in [0.1, 0.15) is 0 Å². The number of nitrogens with zero attached hydrogens (tertiary/aromatic N) is 1. The molecule has 0 N–H and O–H groups in total. The van der Waals surface area contributed by atoms with Crippen molar-refractivity contribution in [3.05, 3.63) is 188 Å². The van der Waals surface area contributed by atoms with Gasteiger partial charge in [-0.1, -0.05) is 158 Å². The van der Waals surface area contributed by atoms with Gasteiger partial charge in [0, 0.05) is 26.7 Å². The van der Waals surface area contributed by atoms with Gasteiger partial charge in [0.15, 0.2) is 0 Å². The number of anilines is 3. The third-order valence-electron chi connectivity index (χ3n) is 10.0. The van der Waals surface area contributed by atoms with Crippen LogP contribution in [0.3, 0.4) is 0 Å². The van der Waals surface area contributed by atoms with Crippen molar-refractivity contribution >= 4 is 80.9 Å². The highest BCUT2D eigenvalue weighted by molar-refractivity contribution is 7.27. The number of para-hydroxylation sites is 1. The molecular formula is C48H31NS. The number of benzene rings is 9. The average Bonchev–Trinajstić information content (AvgIpc) is 3.59. The molecule has 234 valence electrons. The van der Waals surface area contributed by atoms with E-state index in [-0.39, 0.29) is 0 Å². The average molecular weight is 654 g/mol. The van der Waals surface area contributed by atoms with Crippen LogP contribution in [0.4, 0.5) is 17.1 Å². The van der Waals surface area contributed by atoms with Crippen molar-refractivity contribution in [2.45, 2.75) is 0 Å². The Hall–Kier alpha value is -6.22. The van der Waals surface area contributed by atoms with Crippen LogP contribution in [0.25, 0.3) is 74.7 Å². The highest BCUT2D eigenvalue weighted by Gasteiger charge is 2.22. The van der Waals surface area contributed by atoms with Crippen LogP contribution in [0, 0.1) is 0 Å². The van der Waals surface area contributed by atoms with E-state index in [1.807, 2.05) is 11.3 Å². The standard InChI is InChI=1S/C48H31NS/c1-2-13-32(14-3-1)33-25-28-36(29-26-33)49(46-24-12-22-42-43-30-27-34-15-4-7-18-38(34)47(43)50-48(42)46)45-23-11-10-21-41(45)44-31-35-16-5-6-17-37(35)39-19-8-9-20-40(39)44/h1-31H. The van der Waals surface area contributed by atoms with Crippen molar-refractivity contribution in [1.82, 2.24) is 0 Å². The quantitative estimate of drug-likeness (QED) is 0.167. The summed E-state index contributed by atoms with van der Waals surface area (Å²) >= 11 is 1.90. The SMILES string of the molecule is c1ccc(-c2ccc(N(c3ccccc3-c3cc4ccccc4c4ccccc34)c3cccc4c3sc3c5ccccc5ccc43)cc2)cc1. The van der Waals surface area contributed by atoms with Gasteiger partial charge < -0.3 is 4.90 Å². The zero-order chi connectivity index (χ0) is 33.0. The van der Waals surface area contributed by atoms with Gasteiger partial charge in [0.1, 0.15) is 0 Å². The second-order valence-electron chi connectivity index (χ2n) is 12.9. The maximum absolute atomic E-state index is 2.48. The van der Waals surface area contributed by atoms with Crippen LogP contribution >= 0.6 is 11.3 Å². The number of thiophene rings is 1. The lowest BCUT2D eigenvalue weighted by atomic mass is 9.92. The van der Waals surface area contributed by atoms with Crippen molar-refractivity contribution in [2.24, 2.45) is 0 Å². The fraction of sp³-hybridized carbons (Fsp3) is 0. The molecule has 0 aliphatic rings. The Bertz CT molecular complexity index is 2870. The van der Waals surface area contributed by atoms with Gasteiger partial charge >= 0.3 is 0 Å². The maximum Gasteiger partial charge on any atom is 0.0640 e. The molecule has 1 nitrogen and oxygen atoms in total. The molecule has 0 unspecified atom stereocenters. The molecule has 1 heterocycles. The van der Waals surface area contributed by atoms with Gasteiger partial charge in [-0.25, -0.2) is 0 Å². The smallest absolute Gasteiger partial charge is 0.0640 e. The number of hydrogen-bond donors (Lipinski definition) is 0. The summed E-state index contributed by atoms with van der Waals surface area (Å²) in [5, 5.41) is 10.2. The van der Waals surface area contributed by atoms with Gasteiger partial charge in [0.25, 0.3) is 0 Å². The molecule has 1 aromatic heterocycles. The van der Waals surface area contributed by atoms with Crippen LogP contribution in [-0.2, 0) is 0 Å². The number of hydrogen-bond acceptors (Lipinski definition) is 2. The van der Waals surface area contributed by atoms with E-state index >= 15 is 0 Å². The summed E-state index contributed by atoms with van der Waals surface area (Å²) in [5.74, 6) is 0. The molecule has 0 amide bonds. The Morgan fingerprint density at radius 3 is 1.76 bits per heavy atom. The summed E-state index contributed by atoms with van der Waals surface area (Å²) < 4.78 is 2.61. The van der Waals surface area contributed by atoms with E-state index in [9.17, 15) is 0 Å². The third-order valence-corrected chi connectivity index (χ3v) is 11.3. The lowest BCUT2D eigenvalue weighted by Crippen LogP contribution is -2.11. The third kappa shape index (κ3) is 4.61. The summed E-state index contributed by atoms with van der Waals surface area (Å²) in [7, 11) is 0. The van der Waals surface area contributed by atoms with Crippen molar-refractivity contribution in [3.63, 3.8) is 0 Å². The number of fused-ring (bicyclic) bond motifs is 8. The van der Waals surface area contributed by atoms with E-state index in [1.165, 1.54) is 80.4 Å². The summed E-state index contributed by atoms with van der Waals surface area (Å²) in [6, 6.07) is 68.7. The Labute approximate surface area is 294 Å². The van der Waals surface area contributed by atoms with Crippen LogP contribution in [-0.4, -0.2) is 0 Å². The molecule has 0 fully saturated rings. The molecule has 0 radical (unpaired) electrons. The zero-order valence-corrected chi connectivity index (χ0v) is 28.1. The Kier molecular flexibility index (Phi) is 6.75. The van der Waals surface area contributed by atoms with E-state index in [0.29, 0.717) is 0 Å². The molecule has 10 rings (SSSR count). The maximum atomic E-state index is 2.48. The molecule has 0 saturated carbocycles. The van der Waals surface area contributed by atoms with E-state index < -0.39 is 0 Å². The van der Waals surface area contributed by atoms with Crippen LogP contribution in [0.2, 0.25) is 0 Å². The Morgan fingerprint density at radius 2 is 0.920 bits per heavy atom. The molecule has 0 aliphatic carbocycles. The molecule has 0 aliphatic heterocycles. The van der Waals surface area contributed by atoms with Gasteiger partial charge in [-0.15, -0.1) is 11.3 Å². The minimum atomic E-state index is 1.12. The second kappa shape index (κ2) is 11.7. The highest BCUT2D eigenvalue weighted by Crippen LogP contribution is 2.49. The summed E-state index contributed by atoms with van der Waals surface area (Å²) in [6.45, 7) is 0. The number of rotatable bonds is 5. The van der Waals surface area contributed by atoms with Crippen molar-refractivity contribution < 1.29 is 0 Å². The predicted octanol–water partition coefficient (Wildman–Crippen LogP) is 14.3. The first-order valence-electron chi connectivity index (χ1n) is 17.1. The lowest BCUT2D eigenvalue weighted by Gasteiger charge is -2.29. The monoisotopic (exact) mass is 653 g/mol. The largest absolute Gasteiger partial charge is 0.308 e. The van der Waals surface area contributed by atoms with Crippen LogP contribution in [0.15, 0.2) is 188 Å². The summed E-state index contributed by atoms with van der Waals surface area (Å²) in [5.41, 5.74) is 8.30. The molecule has 0 spiro atoms. The van der Waals surface area contributed by atoms with Gasteiger partial charge in [0.2, 0.25) is 0 Å². The topological polar surface area (TPSA) is 3.24 Å². The highest BCUT2D eigenvalue weighted by atomic mass is 32.1. The predicted molar refractivity (Wildman–Crippen MR) is 217 cm³/mol. The van der Waals surface area contributed by atoms with Crippen LogP contribution in [0.5, 0.6) is 0 Å². The molecule has 0 bridgehead atoms. The summed E-state index contributed by atoms with van der Waals surface area (Å²) in [4.78, 5) is 2.48. The van der Waals surface area contributed by atoms with E-state index in [1.54, 1.807) is 0 Å². The normalized spacial score (nSPS) is 11.6. The molecule has 0 saturated heterocycles. The summed E-state index contributed by atoms with van der Waals surface area (Å²) in [6.07, 6.45) is 0. The van der Waals surface area contributed by atoms with Gasteiger partial charge in [0.05, 0.1) is 16.1 Å². The van der Waals surface area contributed by atoms with E-state index in [2.05, 4.69) is 193 Å².